The van der Waals surface area contributed by atoms with Crippen molar-refractivity contribution in [3.8, 4) is 0 Å². The predicted molar refractivity (Wildman–Crippen MR) is 65.1 cm³/mol. The molecular weight excluding hydrogens is 222 g/mol. The molecule has 0 saturated heterocycles. The van der Waals surface area contributed by atoms with Crippen LogP contribution in [0.3, 0.4) is 0 Å². The Morgan fingerprint density at radius 3 is 3.00 bits per heavy atom. The molecular formula is C11H13N3OS. The lowest BCUT2D eigenvalue weighted by Gasteiger charge is -2.04. The fourth-order valence-electron chi connectivity index (χ4n) is 1.32. The van der Waals surface area contributed by atoms with Gasteiger partial charge in [0.05, 0.1) is 22.8 Å². The van der Waals surface area contributed by atoms with Gasteiger partial charge in [-0.05, 0) is 19.1 Å². The largest absolute Gasteiger partial charge is 0.348 e. The number of hydrogen-bond donors (Lipinski definition) is 2. The number of nitrogens with zero attached hydrogens (tertiary/aromatic N) is 1. The summed E-state index contributed by atoms with van der Waals surface area (Å²) in [6.45, 7) is 2.10. The van der Waals surface area contributed by atoms with E-state index < -0.39 is 6.04 Å². The molecule has 84 valence electrons. The van der Waals surface area contributed by atoms with Crippen molar-refractivity contribution in [2.75, 3.05) is 0 Å². The van der Waals surface area contributed by atoms with Gasteiger partial charge in [0.1, 0.15) is 5.01 Å². The van der Waals surface area contributed by atoms with Crippen LogP contribution in [0, 0.1) is 0 Å². The molecule has 2 rings (SSSR count). The van der Waals surface area contributed by atoms with Crippen LogP contribution < -0.4 is 11.1 Å². The molecule has 1 atom stereocenters. The van der Waals surface area contributed by atoms with Crippen molar-refractivity contribution in [1.29, 1.82) is 0 Å². The van der Waals surface area contributed by atoms with Crippen molar-refractivity contribution >= 4 is 27.5 Å². The van der Waals surface area contributed by atoms with Crippen LogP contribution in [0.25, 0.3) is 10.2 Å². The van der Waals surface area contributed by atoms with E-state index in [-0.39, 0.29) is 5.91 Å². The van der Waals surface area contributed by atoms with Crippen molar-refractivity contribution in [2.45, 2.75) is 19.5 Å². The summed E-state index contributed by atoms with van der Waals surface area (Å²) in [5.74, 6) is -0.153. The summed E-state index contributed by atoms with van der Waals surface area (Å²) in [6.07, 6.45) is 0. The van der Waals surface area contributed by atoms with Crippen molar-refractivity contribution < 1.29 is 4.79 Å². The third-order valence-electron chi connectivity index (χ3n) is 2.17. The summed E-state index contributed by atoms with van der Waals surface area (Å²) in [4.78, 5) is 15.7. The number of nitrogens with two attached hydrogens (primary N) is 1. The topological polar surface area (TPSA) is 68.0 Å². The summed E-state index contributed by atoms with van der Waals surface area (Å²) in [7, 11) is 0. The Morgan fingerprint density at radius 2 is 2.31 bits per heavy atom. The van der Waals surface area contributed by atoms with Crippen molar-refractivity contribution in [3.05, 3.63) is 29.3 Å². The Balaban J connectivity index is 2.07. The van der Waals surface area contributed by atoms with E-state index in [2.05, 4.69) is 10.3 Å². The minimum absolute atomic E-state index is 0.153. The molecule has 0 aliphatic rings. The van der Waals surface area contributed by atoms with Gasteiger partial charge in [0.15, 0.2) is 0 Å². The van der Waals surface area contributed by atoms with Gasteiger partial charge in [0.2, 0.25) is 5.91 Å². The second-order valence-electron chi connectivity index (χ2n) is 3.58. The molecule has 0 radical (unpaired) electrons. The van der Waals surface area contributed by atoms with E-state index in [1.54, 1.807) is 18.3 Å². The average molecular weight is 235 g/mol. The fourth-order valence-corrected chi connectivity index (χ4v) is 2.23. The fraction of sp³-hybridized carbons (Fsp3) is 0.273. The number of fused-ring (bicyclic) bond motifs is 1. The summed E-state index contributed by atoms with van der Waals surface area (Å²) in [6, 6.07) is 7.43. The van der Waals surface area contributed by atoms with E-state index in [0.29, 0.717) is 6.54 Å². The third-order valence-corrected chi connectivity index (χ3v) is 3.20. The molecule has 1 heterocycles. The molecule has 0 spiro atoms. The first kappa shape index (κ1) is 11.0. The second-order valence-corrected chi connectivity index (χ2v) is 4.70. The van der Waals surface area contributed by atoms with Crippen LogP contribution in [0.4, 0.5) is 0 Å². The van der Waals surface area contributed by atoms with E-state index in [0.717, 1.165) is 15.2 Å². The number of carbonyl (C=O) groups is 1. The quantitative estimate of drug-likeness (QED) is 0.841. The third kappa shape index (κ3) is 2.37. The summed E-state index contributed by atoms with van der Waals surface area (Å²) >= 11 is 1.58. The Bertz CT molecular complexity index is 474. The highest BCUT2D eigenvalue weighted by Crippen LogP contribution is 2.21. The maximum Gasteiger partial charge on any atom is 0.236 e. The van der Waals surface area contributed by atoms with Gasteiger partial charge in [-0.1, -0.05) is 12.1 Å². The molecule has 0 aliphatic carbocycles. The Hall–Kier alpha value is -1.46. The number of para-hydroxylation sites is 1. The Labute approximate surface area is 97.5 Å². The normalized spacial score (nSPS) is 12.6. The van der Waals surface area contributed by atoms with Gasteiger partial charge < -0.3 is 11.1 Å². The number of hydrogen-bond acceptors (Lipinski definition) is 4. The number of aromatic nitrogens is 1. The van der Waals surface area contributed by atoms with Crippen LogP contribution in [-0.2, 0) is 11.3 Å². The molecule has 1 aromatic carbocycles. The van der Waals surface area contributed by atoms with Crippen molar-refractivity contribution in [1.82, 2.24) is 10.3 Å². The zero-order valence-corrected chi connectivity index (χ0v) is 9.75. The van der Waals surface area contributed by atoms with Crippen LogP contribution >= 0.6 is 11.3 Å². The lowest BCUT2D eigenvalue weighted by Crippen LogP contribution is -2.37. The lowest BCUT2D eigenvalue weighted by atomic mass is 10.3. The number of benzene rings is 1. The van der Waals surface area contributed by atoms with Gasteiger partial charge >= 0.3 is 0 Å². The first-order chi connectivity index (χ1) is 7.66. The number of amides is 1. The highest BCUT2D eigenvalue weighted by atomic mass is 32.1. The average Bonchev–Trinajstić information content (AvgIpc) is 2.68. The molecule has 3 N–H and O–H groups in total. The minimum Gasteiger partial charge on any atom is -0.348 e. The minimum atomic E-state index is -0.477. The smallest absolute Gasteiger partial charge is 0.236 e. The van der Waals surface area contributed by atoms with E-state index in [1.807, 2.05) is 24.3 Å². The molecule has 5 heteroatoms. The zero-order valence-electron chi connectivity index (χ0n) is 8.93. The Kier molecular flexibility index (Phi) is 3.17. The van der Waals surface area contributed by atoms with Gasteiger partial charge in [-0.15, -0.1) is 11.3 Å². The SMILES string of the molecule is C[C@@H](N)C(=O)NCc1nc2ccccc2s1. The van der Waals surface area contributed by atoms with Gasteiger partial charge in [0, 0.05) is 0 Å². The second kappa shape index (κ2) is 4.59. The van der Waals surface area contributed by atoms with E-state index in [1.165, 1.54) is 0 Å². The van der Waals surface area contributed by atoms with Crippen LogP contribution in [0.1, 0.15) is 11.9 Å². The molecule has 0 unspecified atom stereocenters. The number of nitrogens with one attached hydrogen (secondary N) is 1. The Morgan fingerprint density at radius 1 is 1.56 bits per heavy atom. The molecule has 4 nitrogen and oxygen atoms in total. The number of rotatable bonds is 3. The molecule has 1 amide bonds. The molecule has 0 saturated carbocycles. The van der Waals surface area contributed by atoms with E-state index in [9.17, 15) is 4.79 Å². The zero-order chi connectivity index (χ0) is 11.5. The van der Waals surface area contributed by atoms with Crippen LogP contribution in [0.2, 0.25) is 0 Å². The number of carbonyl (C=O) groups excluding carboxylic acids is 1. The molecule has 2 aromatic rings. The highest BCUT2D eigenvalue weighted by molar-refractivity contribution is 7.18. The lowest BCUT2D eigenvalue weighted by molar-refractivity contribution is -0.122. The highest BCUT2D eigenvalue weighted by Gasteiger charge is 2.08. The first-order valence-electron chi connectivity index (χ1n) is 5.04. The number of thiazole rings is 1. The summed E-state index contributed by atoms with van der Waals surface area (Å²) < 4.78 is 1.13. The van der Waals surface area contributed by atoms with Gasteiger partial charge in [-0.2, -0.15) is 0 Å². The van der Waals surface area contributed by atoms with Gasteiger partial charge in [-0.25, -0.2) is 4.98 Å². The van der Waals surface area contributed by atoms with E-state index in [4.69, 9.17) is 5.73 Å². The maximum absolute atomic E-state index is 11.3. The van der Waals surface area contributed by atoms with Crippen LogP contribution in [0.5, 0.6) is 0 Å². The monoisotopic (exact) mass is 235 g/mol. The standard InChI is InChI=1S/C11H13N3OS/c1-7(12)11(15)13-6-10-14-8-4-2-3-5-9(8)16-10/h2-5,7H,6,12H2,1H3,(H,13,15)/t7-/m1/s1. The van der Waals surface area contributed by atoms with Crippen molar-refractivity contribution in [3.63, 3.8) is 0 Å². The van der Waals surface area contributed by atoms with Gasteiger partial charge in [-0.3, -0.25) is 4.79 Å². The molecule has 0 bridgehead atoms. The molecule has 1 aromatic heterocycles. The van der Waals surface area contributed by atoms with E-state index >= 15 is 0 Å². The van der Waals surface area contributed by atoms with Gasteiger partial charge in [0.25, 0.3) is 0 Å². The summed E-state index contributed by atoms with van der Waals surface area (Å²) in [5, 5.41) is 3.64. The predicted octanol–water partition coefficient (Wildman–Crippen LogP) is 1.26. The molecule has 0 fully saturated rings. The van der Waals surface area contributed by atoms with Crippen LogP contribution in [-0.4, -0.2) is 16.9 Å². The first-order valence-corrected chi connectivity index (χ1v) is 5.86. The van der Waals surface area contributed by atoms with Crippen molar-refractivity contribution in [2.24, 2.45) is 5.73 Å². The molecule has 0 aliphatic heterocycles. The molecule has 16 heavy (non-hydrogen) atoms. The summed E-state index contributed by atoms with van der Waals surface area (Å²) in [5.41, 5.74) is 6.42. The maximum atomic E-state index is 11.3. The van der Waals surface area contributed by atoms with Crippen LogP contribution in [0.15, 0.2) is 24.3 Å².